The van der Waals surface area contributed by atoms with Crippen LogP contribution in [0.2, 0.25) is 0 Å². The summed E-state index contributed by atoms with van der Waals surface area (Å²) < 4.78 is 12.9. The van der Waals surface area contributed by atoms with Gasteiger partial charge in [0.2, 0.25) is 11.8 Å². The molecular weight excluding hydrogens is 295 g/mol. The molecule has 1 aliphatic rings. The second-order valence-electron chi connectivity index (χ2n) is 6.21. The lowest BCUT2D eigenvalue weighted by atomic mass is 9.97. The Morgan fingerprint density at radius 2 is 2.04 bits per heavy atom. The van der Waals surface area contributed by atoms with Gasteiger partial charge in [-0.25, -0.2) is 4.39 Å². The Morgan fingerprint density at radius 3 is 2.74 bits per heavy atom. The standard InChI is InChI=1S/C18H25FN2O2/c1-2-4-17(22)20-12-15-5-3-10-21(13-15)18(23)11-14-6-8-16(19)9-7-14/h6-9,15H,2-5,10-13H2,1H3,(H,20,22)/t15-/m1/s1. The van der Waals surface area contributed by atoms with Crippen molar-refractivity contribution in [1.29, 1.82) is 0 Å². The predicted octanol–water partition coefficient (Wildman–Crippen LogP) is 2.52. The summed E-state index contributed by atoms with van der Waals surface area (Å²) in [5, 5.41) is 2.95. The average Bonchev–Trinajstić information content (AvgIpc) is 2.55. The average molecular weight is 320 g/mol. The fraction of sp³-hybridized carbons (Fsp3) is 0.556. The van der Waals surface area contributed by atoms with Gasteiger partial charge in [0.25, 0.3) is 0 Å². The second kappa shape index (κ2) is 8.65. The number of likely N-dealkylation sites (tertiary alicyclic amines) is 1. The highest BCUT2D eigenvalue weighted by molar-refractivity contribution is 5.79. The van der Waals surface area contributed by atoms with Crippen LogP contribution in [0.25, 0.3) is 0 Å². The molecule has 0 aromatic heterocycles. The zero-order valence-electron chi connectivity index (χ0n) is 13.7. The molecular formula is C18H25FN2O2. The first-order chi connectivity index (χ1) is 11.1. The molecule has 0 saturated carbocycles. The van der Waals surface area contributed by atoms with Gasteiger partial charge in [0.1, 0.15) is 5.82 Å². The first-order valence-corrected chi connectivity index (χ1v) is 8.37. The predicted molar refractivity (Wildman–Crippen MR) is 87.3 cm³/mol. The van der Waals surface area contributed by atoms with E-state index >= 15 is 0 Å². The number of amides is 2. The molecule has 1 atom stereocenters. The van der Waals surface area contributed by atoms with Crippen molar-refractivity contribution in [3.8, 4) is 0 Å². The van der Waals surface area contributed by atoms with Crippen LogP contribution in [-0.4, -0.2) is 36.3 Å². The molecule has 1 heterocycles. The number of rotatable bonds is 6. The molecule has 5 heteroatoms. The van der Waals surface area contributed by atoms with Gasteiger partial charge in [-0.2, -0.15) is 0 Å². The molecule has 0 aliphatic carbocycles. The number of hydrogen-bond donors (Lipinski definition) is 1. The zero-order valence-corrected chi connectivity index (χ0v) is 13.7. The maximum Gasteiger partial charge on any atom is 0.226 e. The van der Waals surface area contributed by atoms with Crippen molar-refractivity contribution in [3.63, 3.8) is 0 Å². The van der Waals surface area contributed by atoms with E-state index in [4.69, 9.17) is 0 Å². The molecule has 1 fully saturated rings. The molecule has 4 nitrogen and oxygen atoms in total. The molecule has 23 heavy (non-hydrogen) atoms. The summed E-state index contributed by atoms with van der Waals surface area (Å²) in [6, 6.07) is 6.06. The Balaban J connectivity index is 1.81. The summed E-state index contributed by atoms with van der Waals surface area (Å²) in [6.07, 6.45) is 3.70. The highest BCUT2D eigenvalue weighted by atomic mass is 19.1. The lowest BCUT2D eigenvalue weighted by Gasteiger charge is -2.33. The van der Waals surface area contributed by atoms with Gasteiger partial charge in [-0.15, -0.1) is 0 Å². The third kappa shape index (κ3) is 5.66. The van der Waals surface area contributed by atoms with E-state index in [0.29, 0.717) is 31.8 Å². The summed E-state index contributed by atoms with van der Waals surface area (Å²) >= 11 is 0. The van der Waals surface area contributed by atoms with Gasteiger partial charge in [-0.05, 0) is 42.9 Å². The van der Waals surface area contributed by atoms with Gasteiger partial charge < -0.3 is 10.2 Å². The normalized spacial score (nSPS) is 17.8. The number of carbonyl (C=O) groups excluding carboxylic acids is 2. The molecule has 1 aromatic carbocycles. The van der Waals surface area contributed by atoms with Crippen LogP contribution < -0.4 is 5.32 Å². The second-order valence-corrected chi connectivity index (χ2v) is 6.21. The van der Waals surface area contributed by atoms with Crippen molar-refractivity contribution in [2.75, 3.05) is 19.6 Å². The molecule has 2 rings (SSSR count). The van der Waals surface area contributed by atoms with Crippen molar-refractivity contribution in [2.24, 2.45) is 5.92 Å². The molecule has 0 spiro atoms. The molecule has 0 bridgehead atoms. The molecule has 1 saturated heterocycles. The third-order valence-corrected chi connectivity index (χ3v) is 4.21. The smallest absolute Gasteiger partial charge is 0.226 e. The maximum absolute atomic E-state index is 12.9. The van der Waals surface area contributed by atoms with Crippen molar-refractivity contribution in [1.82, 2.24) is 10.2 Å². The van der Waals surface area contributed by atoms with Crippen LogP contribution in [0, 0.1) is 11.7 Å². The monoisotopic (exact) mass is 320 g/mol. The number of nitrogens with zero attached hydrogens (tertiary/aromatic N) is 1. The molecule has 2 amide bonds. The van der Waals surface area contributed by atoms with E-state index in [1.165, 1.54) is 12.1 Å². The van der Waals surface area contributed by atoms with Gasteiger partial charge in [0, 0.05) is 26.1 Å². The quantitative estimate of drug-likeness (QED) is 0.875. The van der Waals surface area contributed by atoms with E-state index < -0.39 is 0 Å². The minimum absolute atomic E-state index is 0.0705. The van der Waals surface area contributed by atoms with Gasteiger partial charge in [-0.3, -0.25) is 9.59 Å². The van der Waals surface area contributed by atoms with Gasteiger partial charge in [0.05, 0.1) is 6.42 Å². The van der Waals surface area contributed by atoms with Crippen LogP contribution in [0.3, 0.4) is 0 Å². The van der Waals surface area contributed by atoms with E-state index in [-0.39, 0.29) is 17.6 Å². The molecule has 0 unspecified atom stereocenters. The SMILES string of the molecule is CCCC(=O)NC[C@H]1CCCN(C(=O)Cc2ccc(F)cc2)C1. The molecule has 126 valence electrons. The first kappa shape index (κ1) is 17.4. The lowest BCUT2D eigenvalue weighted by molar-refractivity contribution is -0.132. The maximum atomic E-state index is 12.9. The molecule has 0 radical (unpaired) electrons. The fourth-order valence-electron chi connectivity index (χ4n) is 2.92. The van der Waals surface area contributed by atoms with Gasteiger partial charge in [-0.1, -0.05) is 19.1 Å². The Bertz CT molecular complexity index is 530. The van der Waals surface area contributed by atoms with E-state index in [1.807, 2.05) is 11.8 Å². The summed E-state index contributed by atoms with van der Waals surface area (Å²) in [4.78, 5) is 25.8. The largest absolute Gasteiger partial charge is 0.356 e. The van der Waals surface area contributed by atoms with Crippen LogP contribution in [0.5, 0.6) is 0 Å². The molecule has 1 N–H and O–H groups in total. The van der Waals surface area contributed by atoms with Crippen LogP contribution in [0.15, 0.2) is 24.3 Å². The van der Waals surface area contributed by atoms with Crippen molar-refractivity contribution in [3.05, 3.63) is 35.6 Å². The summed E-state index contributed by atoms with van der Waals surface area (Å²) in [6.45, 7) is 4.07. The first-order valence-electron chi connectivity index (χ1n) is 8.37. The Hall–Kier alpha value is -1.91. The molecule has 1 aliphatic heterocycles. The van der Waals surface area contributed by atoms with Crippen LogP contribution in [-0.2, 0) is 16.0 Å². The highest BCUT2D eigenvalue weighted by Gasteiger charge is 2.23. The van der Waals surface area contributed by atoms with Crippen molar-refractivity contribution >= 4 is 11.8 Å². The van der Waals surface area contributed by atoms with Crippen LogP contribution in [0.4, 0.5) is 4.39 Å². The number of hydrogen-bond acceptors (Lipinski definition) is 2. The minimum Gasteiger partial charge on any atom is -0.356 e. The topological polar surface area (TPSA) is 49.4 Å². The number of nitrogens with one attached hydrogen (secondary N) is 1. The van der Waals surface area contributed by atoms with Gasteiger partial charge in [0.15, 0.2) is 0 Å². The van der Waals surface area contributed by atoms with E-state index in [0.717, 1.165) is 31.4 Å². The highest BCUT2D eigenvalue weighted by Crippen LogP contribution is 2.17. The van der Waals surface area contributed by atoms with Crippen molar-refractivity contribution in [2.45, 2.75) is 39.0 Å². The Morgan fingerprint density at radius 1 is 1.30 bits per heavy atom. The number of carbonyl (C=O) groups is 2. The molecule has 1 aromatic rings. The van der Waals surface area contributed by atoms with Crippen LogP contribution in [0.1, 0.15) is 38.2 Å². The number of halogens is 1. The summed E-state index contributed by atoms with van der Waals surface area (Å²) in [5.41, 5.74) is 0.828. The summed E-state index contributed by atoms with van der Waals surface area (Å²) in [7, 11) is 0. The van der Waals surface area contributed by atoms with E-state index in [9.17, 15) is 14.0 Å². The Labute approximate surface area is 137 Å². The lowest BCUT2D eigenvalue weighted by Crippen LogP contribution is -2.44. The van der Waals surface area contributed by atoms with E-state index in [1.54, 1.807) is 12.1 Å². The number of piperidine rings is 1. The van der Waals surface area contributed by atoms with E-state index in [2.05, 4.69) is 5.32 Å². The zero-order chi connectivity index (χ0) is 16.7. The Kier molecular flexibility index (Phi) is 6.56. The fourth-order valence-corrected chi connectivity index (χ4v) is 2.92. The number of benzene rings is 1. The minimum atomic E-state index is -0.290. The van der Waals surface area contributed by atoms with Crippen molar-refractivity contribution < 1.29 is 14.0 Å². The summed E-state index contributed by atoms with van der Waals surface area (Å²) in [5.74, 6) is 0.187. The van der Waals surface area contributed by atoms with Crippen LogP contribution >= 0.6 is 0 Å². The van der Waals surface area contributed by atoms with Gasteiger partial charge >= 0.3 is 0 Å². The third-order valence-electron chi connectivity index (χ3n) is 4.21.